The van der Waals surface area contributed by atoms with Crippen LogP contribution >= 0.6 is 0 Å². The van der Waals surface area contributed by atoms with Gasteiger partial charge in [-0.05, 0) is 48.7 Å². The quantitative estimate of drug-likeness (QED) is 0.857. The van der Waals surface area contributed by atoms with Crippen LogP contribution in [0, 0.1) is 6.92 Å². The Morgan fingerprint density at radius 2 is 1.56 bits per heavy atom. The van der Waals surface area contributed by atoms with Crippen molar-refractivity contribution in [2.75, 3.05) is 27.9 Å². The van der Waals surface area contributed by atoms with Gasteiger partial charge in [-0.2, -0.15) is 0 Å². The first-order valence-corrected chi connectivity index (χ1v) is 8.25. The Morgan fingerprint density at radius 1 is 0.920 bits per heavy atom. The highest BCUT2D eigenvalue weighted by Gasteiger charge is 2.25. The van der Waals surface area contributed by atoms with Gasteiger partial charge in [-0.1, -0.05) is 11.6 Å². The lowest BCUT2D eigenvalue weighted by Crippen LogP contribution is -2.36. The monoisotopic (exact) mass is 341 g/mol. The standard InChI is InChI=1S/C20H23NO4/c1-13-5-6-17(23-2)16(9-13)20(22)21-8-7-14-10-18(24-3)19(25-4)11-15(14)12-21/h5-6,9-11H,7-8,12H2,1-4H3. The van der Waals surface area contributed by atoms with Crippen molar-refractivity contribution in [3.05, 3.63) is 52.6 Å². The number of amides is 1. The van der Waals surface area contributed by atoms with Gasteiger partial charge in [-0.25, -0.2) is 0 Å². The maximum Gasteiger partial charge on any atom is 0.257 e. The maximum atomic E-state index is 13.0. The third kappa shape index (κ3) is 3.27. The van der Waals surface area contributed by atoms with Crippen LogP contribution in [0.3, 0.4) is 0 Å². The van der Waals surface area contributed by atoms with Crippen LogP contribution in [0.2, 0.25) is 0 Å². The molecule has 0 atom stereocenters. The largest absolute Gasteiger partial charge is 0.496 e. The molecule has 1 aliphatic heterocycles. The Kier molecular flexibility index (Phi) is 4.83. The van der Waals surface area contributed by atoms with Crippen molar-refractivity contribution < 1.29 is 19.0 Å². The van der Waals surface area contributed by atoms with Crippen LogP contribution in [-0.2, 0) is 13.0 Å². The molecule has 2 aromatic rings. The molecule has 0 spiro atoms. The van der Waals surface area contributed by atoms with E-state index in [1.807, 2.05) is 42.2 Å². The number of nitrogens with zero attached hydrogens (tertiary/aromatic N) is 1. The number of hydrogen-bond acceptors (Lipinski definition) is 4. The van der Waals surface area contributed by atoms with E-state index in [-0.39, 0.29) is 5.91 Å². The lowest BCUT2D eigenvalue weighted by atomic mass is 9.98. The van der Waals surface area contributed by atoms with E-state index in [1.54, 1.807) is 21.3 Å². The third-order valence-electron chi connectivity index (χ3n) is 4.59. The zero-order valence-electron chi connectivity index (χ0n) is 15.1. The minimum Gasteiger partial charge on any atom is -0.496 e. The molecule has 3 rings (SSSR count). The Hall–Kier alpha value is -2.69. The highest BCUT2D eigenvalue weighted by atomic mass is 16.5. The van der Waals surface area contributed by atoms with Crippen molar-refractivity contribution in [2.24, 2.45) is 0 Å². The van der Waals surface area contributed by atoms with Gasteiger partial charge in [0.05, 0.1) is 26.9 Å². The molecule has 1 aliphatic rings. The van der Waals surface area contributed by atoms with Gasteiger partial charge < -0.3 is 19.1 Å². The van der Waals surface area contributed by atoms with Crippen LogP contribution < -0.4 is 14.2 Å². The van der Waals surface area contributed by atoms with E-state index in [1.165, 1.54) is 5.56 Å². The van der Waals surface area contributed by atoms with Gasteiger partial charge in [0.1, 0.15) is 5.75 Å². The molecule has 0 bridgehead atoms. The summed E-state index contributed by atoms with van der Waals surface area (Å²) in [6.45, 7) is 3.18. The van der Waals surface area contributed by atoms with Crippen molar-refractivity contribution >= 4 is 5.91 Å². The summed E-state index contributed by atoms with van der Waals surface area (Å²) in [5, 5.41) is 0. The lowest BCUT2D eigenvalue weighted by molar-refractivity contribution is 0.0731. The fourth-order valence-electron chi connectivity index (χ4n) is 3.22. The number of carbonyl (C=O) groups excluding carboxylic acids is 1. The van der Waals surface area contributed by atoms with Crippen LogP contribution in [0.25, 0.3) is 0 Å². The first-order valence-electron chi connectivity index (χ1n) is 8.25. The van der Waals surface area contributed by atoms with Gasteiger partial charge in [0.25, 0.3) is 5.91 Å². The zero-order chi connectivity index (χ0) is 18.0. The second kappa shape index (κ2) is 7.05. The summed E-state index contributed by atoms with van der Waals surface area (Å²) in [4.78, 5) is 14.9. The maximum absolute atomic E-state index is 13.0. The van der Waals surface area contributed by atoms with Gasteiger partial charge in [-0.3, -0.25) is 4.79 Å². The van der Waals surface area contributed by atoms with Crippen LogP contribution in [0.5, 0.6) is 17.2 Å². The van der Waals surface area contributed by atoms with Crippen LogP contribution in [0.15, 0.2) is 30.3 Å². The molecular weight excluding hydrogens is 318 g/mol. The molecular formula is C20H23NO4. The molecule has 132 valence electrons. The van der Waals surface area contributed by atoms with Gasteiger partial charge in [-0.15, -0.1) is 0 Å². The first kappa shape index (κ1) is 17.1. The molecule has 25 heavy (non-hydrogen) atoms. The van der Waals surface area contributed by atoms with E-state index < -0.39 is 0 Å². The van der Waals surface area contributed by atoms with E-state index in [4.69, 9.17) is 14.2 Å². The van der Waals surface area contributed by atoms with E-state index in [0.717, 1.165) is 23.3 Å². The molecule has 0 unspecified atom stereocenters. The number of aryl methyl sites for hydroxylation is 1. The third-order valence-corrected chi connectivity index (χ3v) is 4.59. The second-order valence-electron chi connectivity index (χ2n) is 6.16. The number of methoxy groups -OCH3 is 3. The van der Waals surface area contributed by atoms with E-state index >= 15 is 0 Å². The Labute approximate surface area is 148 Å². The number of rotatable bonds is 4. The molecule has 0 saturated heterocycles. The summed E-state index contributed by atoms with van der Waals surface area (Å²) in [5.74, 6) is 2.00. The van der Waals surface area contributed by atoms with Crippen molar-refractivity contribution in [3.8, 4) is 17.2 Å². The normalized spacial score (nSPS) is 13.2. The summed E-state index contributed by atoms with van der Waals surface area (Å²) >= 11 is 0. The molecule has 1 heterocycles. The van der Waals surface area contributed by atoms with Crippen molar-refractivity contribution in [3.63, 3.8) is 0 Å². The predicted octanol–water partition coefficient (Wildman–Crippen LogP) is 3.22. The number of carbonyl (C=O) groups is 1. The topological polar surface area (TPSA) is 48.0 Å². The Morgan fingerprint density at radius 3 is 2.20 bits per heavy atom. The van der Waals surface area contributed by atoms with Crippen molar-refractivity contribution in [2.45, 2.75) is 19.9 Å². The molecule has 0 radical (unpaired) electrons. The molecule has 0 aromatic heterocycles. The van der Waals surface area contributed by atoms with E-state index in [9.17, 15) is 4.79 Å². The fraction of sp³-hybridized carbons (Fsp3) is 0.350. The number of ether oxygens (including phenoxy) is 3. The fourth-order valence-corrected chi connectivity index (χ4v) is 3.22. The van der Waals surface area contributed by atoms with Crippen molar-refractivity contribution in [1.29, 1.82) is 0 Å². The summed E-state index contributed by atoms with van der Waals surface area (Å²) in [5.41, 5.74) is 3.92. The molecule has 5 heteroatoms. The Bertz CT molecular complexity index is 801. The molecule has 5 nitrogen and oxygen atoms in total. The molecule has 2 aromatic carbocycles. The van der Waals surface area contributed by atoms with Gasteiger partial charge in [0, 0.05) is 13.1 Å². The molecule has 0 fully saturated rings. The predicted molar refractivity (Wildman–Crippen MR) is 95.7 cm³/mol. The summed E-state index contributed by atoms with van der Waals surface area (Å²) < 4.78 is 16.1. The minimum atomic E-state index is -0.0130. The summed E-state index contributed by atoms with van der Waals surface area (Å²) in [7, 11) is 4.84. The van der Waals surface area contributed by atoms with Gasteiger partial charge in [0.15, 0.2) is 11.5 Å². The average molecular weight is 341 g/mol. The summed E-state index contributed by atoms with van der Waals surface area (Å²) in [6, 6.07) is 9.63. The van der Waals surface area contributed by atoms with Gasteiger partial charge in [0.2, 0.25) is 0 Å². The minimum absolute atomic E-state index is 0.0130. The Balaban J connectivity index is 1.90. The smallest absolute Gasteiger partial charge is 0.257 e. The zero-order valence-corrected chi connectivity index (χ0v) is 15.1. The average Bonchev–Trinajstić information content (AvgIpc) is 2.65. The number of hydrogen-bond donors (Lipinski definition) is 0. The summed E-state index contributed by atoms with van der Waals surface area (Å²) in [6.07, 6.45) is 0.787. The highest BCUT2D eigenvalue weighted by molar-refractivity contribution is 5.97. The first-order chi connectivity index (χ1) is 12.1. The molecule has 1 amide bonds. The molecule has 0 N–H and O–H groups in total. The van der Waals surface area contributed by atoms with E-state index in [2.05, 4.69) is 0 Å². The number of benzene rings is 2. The number of fused-ring (bicyclic) bond motifs is 1. The molecule has 0 aliphatic carbocycles. The van der Waals surface area contributed by atoms with E-state index in [0.29, 0.717) is 30.2 Å². The van der Waals surface area contributed by atoms with Crippen LogP contribution in [0.4, 0.5) is 0 Å². The van der Waals surface area contributed by atoms with Gasteiger partial charge >= 0.3 is 0 Å². The lowest BCUT2D eigenvalue weighted by Gasteiger charge is -2.30. The van der Waals surface area contributed by atoms with Crippen LogP contribution in [-0.4, -0.2) is 38.7 Å². The highest BCUT2D eigenvalue weighted by Crippen LogP contribution is 2.34. The SMILES string of the molecule is COc1cc2c(cc1OC)CN(C(=O)c1cc(C)ccc1OC)CC2. The van der Waals surface area contributed by atoms with Crippen LogP contribution in [0.1, 0.15) is 27.0 Å². The van der Waals surface area contributed by atoms with Crippen molar-refractivity contribution in [1.82, 2.24) is 4.90 Å². The molecule has 0 saturated carbocycles. The second-order valence-corrected chi connectivity index (χ2v) is 6.16.